The number of aromatic nitrogens is 1. The number of likely N-dealkylation sites (N-methyl/N-ethyl adjacent to an activating group) is 1. The highest BCUT2D eigenvalue weighted by atomic mass is 16.5. The first-order chi connectivity index (χ1) is 19.0. The van der Waals surface area contributed by atoms with Crippen molar-refractivity contribution in [3.05, 3.63) is 83.7 Å². The topological polar surface area (TPSA) is 83.1 Å². The number of ether oxygens (including phenoxy) is 1. The van der Waals surface area contributed by atoms with Crippen molar-refractivity contribution in [1.29, 1.82) is 0 Å². The van der Waals surface area contributed by atoms with Gasteiger partial charge in [0.25, 0.3) is 5.91 Å². The lowest BCUT2D eigenvalue weighted by atomic mass is 9.98. The molecule has 39 heavy (non-hydrogen) atoms. The van der Waals surface area contributed by atoms with Crippen LogP contribution in [0.15, 0.2) is 67.0 Å². The van der Waals surface area contributed by atoms with Crippen molar-refractivity contribution in [1.82, 2.24) is 19.7 Å². The summed E-state index contributed by atoms with van der Waals surface area (Å²) in [5.74, 6) is 0.746. The van der Waals surface area contributed by atoms with Crippen molar-refractivity contribution < 1.29 is 19.1 Å². The minimum atomic E-state index is -0.0791. The standard InChI is InChI=1S/C31H34N4O4/c1-33-15-16-35(30(37)11-14-34-13-4-8-29(34)36)17-18-39-28-10-9-24(26-7-3-12-32-22-26)21-27(28)20-23-5-2-6-25(19-23)31(33)38/h2-3,5-7,9-10,12,19,21-22H,4,8,11,13-18,20H2,1H3. The normalized spacial score (nSPS) is 16.5. The van der Waals surface area contributed by atoms with Crippen LogP contribution >= 0.6 is 0 Å². The average molecular weight is 527 g/mol. The third kappa shape index (κ3) is 6.45. The predicted molar refractivity (Wildman–Crippen MR) is 148 cm³/mol. The van der Waals surface area contributed by atoms with Gasteiger partial charge in [0.1, 0.15) is 12.4 Å². The molecule has 1 saturated heterocycles. The van der Waals surface area contributed by atoms with E-state index in [4.69, 9.17) is 4.74 Å². The monoisotopic (exact) mass is 526 g/mol. The SMILES string of the molecule is CN1CCN(C(=O)CCN2CCCC2=O)CCOc2ccc(-c3cccnc3)cc2Cc2cccc(c2)C1=O. The van der Waals surface area contributed by atoms with E-state index in [1.807, 2.05) is 54.7 Å². The van der Waals surface area contributed by atoms with E-state index in [2.05, 4.69) is 11.1 Å². The molecule has 8 heteroatoms. The van der Waals surface area contributed by atoms with Crippen molar-refractivity contribution in [3.8, 4) is 16.9 Å². The zero-order valence-electron chi connectivity index (χ0n) is 22.3. The minimum absolute atomic E-state index is 0.0413. The predicted octanol–water partition coefficient (Wildman–Crippen LogP) is 3.64. The highest BCUT2D eigenvalue weighted by molar-refractivity contribution is 5.94. The number of likely N-dealkylation sites (tertiary alicyclic amines) is 1. The molecule has 0 radical (unpaired) electrons. The van der Waals surface area contributed by atoms with Crippen LogP contribution in [0.25, 0.3) is 11.1 Å². The van der Waals surface area contributed by atoms with Crippen molar-refractivity contribution >= 4 is 17.7 Å². The summed E-state index contributed by atoms with van der Waals surface area (Å²) in [5, 5.41) is 0. The number of rotatable bonds is 4. The fourth-order valence-electron chi connectivity index (χ4n) is 5.15. The van der Waals surface area contributed by atoms with Gasteiger partial charge in [-0.3, -0.25) is 19.4 Å². The summed E-state index contributed by atoms with van der Waals surface area (Å²) < 4.78 is 6.26. The first-order valence-corrected chi connectivity index (χ1v) is 13.5. The second-order valence-electron chi connectivity index (χ2n) is 10.1. The van der Waals surface area contributed by atoms with E-state index >= 15 is 0 Å². The van der Waals surface area contributed by atoms with Crippen molar-refractivity contribution in [2.24, 2.45) is 0 Å². The van der Waals surface area contributed by atoms with E-state index in [9.17, 15) is 14.4 Å². The number of amides is 3. The third-order valence-corrected chi connectivity index (χ3v) is 7.41. The molecule has 1 fully saturated rings. The van der Waals surface area contributed by atoms with Crippen molar-refractivity contribution in [2.45, 2.75) is 25.7 Å². The Morgan fingerprint density at radius 2 is 1.82 bits per heavy atom. The number of fused-ring (bicyclic) bond motifs is 3. The van der Waals surface area contributed by atoms with Crippen LogP contribution in [0.1, 0.15) is 40.7 Å². The van der Waals surface area contributed by atoms with Crippen LogP contribution in [0.4, 0.5) is 0 Å². The van der Waals surface area contributed by atoms with Gasteiger partial charge in [-0.2, -0.15) is 0 Å². The quantitative estimate of drug-likeness (QED) is 0.518. The summed E-state index contributed by atoms with van der Waals surface area (Å²) in [7, 11) is 1.76. The number of hydrogen-bond acceptors (Lipinski definition) is 5. The zero-order valence-corrected chi connectivity index (χ0v) is 22.3. The molecule has 1 aromatic heterocycles. The van der Waals surface area contributed by atoms with Crippen LogP contribution in [-0.2, 0) is 16.0 Å². The second kappa shape index (κ2) is 12.1. The number of benzene rings is 2. The lowest BCUT2D eigenvalue weighted by Crippen LogP contribution is -2.42. The minimum Gasteiger partial charge on any atom is -0.491 e. The molecular formula is C31H34N4O4. The molecule has 0 atom stereocenters. The molecule has 2 bridgehead atoms. The maximum Gasteiger partial charge on any atom is 0.253 e. The highest BCUT2D eigenvalue weighted by Crippen LogP contribution is 2.29. The Morgan fingerprint density at radius 1 is 0.949 bits per heavy atom. The van der Waals surface area contributed by atoms with Crippen LogP contribution in [0, 0.1) is 0 Å². The number of pyridine rings is 1. The van der Waals surface area contributed by atoms with Crippen LogP contribution < -0.4 is 4.74 Å². The molecule has 5 rings (SSSR count). The molecule has 8 nitrogen and oxygen atoms in total. The lowest BCUT2D eigenvalue weighted by molar-refractivity contribution is -0.133. The maximum atomic E-state index is 13.2. The Bertz CT molecular complexity index is 1340. The Balaban J connectivity index is 1.40. The molecule has 3 amide bonds. The average Bonchev–Trinajstić information content (AvgIpc) is 3.38. The van der Waals surface area contributed by atoms with E-state index < -0.39 is 0 Å². The maximum absolute atomic E-state index is 13.2. The molecule has 0 spiro atoms. The molecule has 3 heterocycles. The molecule has 0 aliphatic carbocycles. The van der Waals surface area contributed by atoms with Gasteiger partial charge in [0.05, 0.1) is 6.54 Å². The number of carbonyl (C=O) groups excluding carboxylic acids is 3. The van der Waals surface area contributed by atoms with Crippen molar-refractivity contribution in [2.75, 3.05) is 46.4 Å². The summed E-state index contributed by atoms with van der Waals surface area (Å²) >= 11 is 0. The molecule has 2 aliphatic rings. The number of nitrogens with zero attached hydrogens (tertiary/aromatic N) is 4. The van der Waals surface area contributed by atoms with Crippen molar-refractivity contribution in [3.63, 3.8) is 0 Å². The van der Waals surface area contributed by atoms with Gasteiger partial charge in [-0.15, -0.1) is 0 Å². The largest absolute Gasteiger partial charge is 0.491 e. The molecule has 2 aromatic carbocycles. The summed E-state index contributed by atoms with van der Waals surface area (Å²) in [6.45, 7) is 2.66. The van der Waals surface area contributed by atoms with E-state index in [1.165, 1.54) is 0 Å². The first kappa shape index (κ1) is 26.4. The third-order valence-electron chi connectivity index (χ3n) is 7.41. The number of hydrogen-bond donors (Lipinski definition) is 0. The second-order valence-corrected chi connectivity index (χ2v) is 10.1. The van der Waals surface area contributed by atoms with Crippen LogP contribution in [-0.4, -0.2) is 83.8 Å². The molecule has 0 N–H and O–H groups in total. The van der Waals surface area contributed by atoms with E-state index in [0.717, 1.165) is 34.4 Å². The van der Waals surface area contributed by atoms with Gasteiger partial charge in [0, 0.05) is 76.0 Å². The van der Waals surface area contributed by atoms with Gasteiger partial charge in [0.15, 0.2) is 0 Å². The van der Waals surface area contributed by atoms with Gasteiger partial charge in [-0.05, 0) is 53.4 Å². The lowest BCUT2D eigenvalue weighted by Gasteiger charge is -2.27. The van der Waals surface area contributed by atoms with E-state index in [0.29, 0.717) is 57.7 Å². The molecule has 0 unspecified atom stereocenters. The van der Waals surface area contributed by atoms with Gasteiger partial charge in [0.2, 0.25) is 11.8 Å². The molecule has 2 aliphatic heterocycles. The Kier molecular flexibility index (Phi) is 8.20. The first-order valence-electron chi connectivity index (χ1n) is 13.5. The van der Waals surface area contributed by atoms with Gasteiger partial charge < -0.3 is 19.4 Å². The van der Waals surface area contributed by atoms with Crippen LogP contribution in [0.3, 0.4) is 0 Å². The van der Waals surface area contributed by atoms with Crippen LogP contribution in [0.2, 0.25) is 0 Å². The molecule has 3 aromatic rings. The van der Waals surface area contributed by atoms with Crippen LogP contribution in [0.5, 0.6) is 5.75 Å². The highest BCUT2D eigenvalue weighted by Gasteiger charge is 2.23. The zero-order chi connectivity index (χ0) is 27.2. The molecule has 0 saturated carbocycles. The summed E-state index contributed by atoms with van der Waals surface area (Å²) in [4.78, 5) is 47.8. The Morgan fingerprint density at radius 3 is 2.62 bits per heavy atom. The van der Waals surface area contributed by atoms with E-state index in [1.54, 1.807) is 27.9 Å². The van der Waals surface area contributed by atoms with Gasteiger partial charge >= 0.3 is 0 Å². The molecule has 202 valence electrons. The van der Waals surface area contributed by atoms with Gasteiger partial charge in [-0.1, -0.05) is 24.3 Å². The Hall–Kier alpha value is -4.20. The summed E-state index contributed by atoms with van der Waals surface area (Å²) in [5.41, 5.74) is 4.68. The van der Waals surface area contributed by atoms with Gasteiger partial charge in [-0.25, -0.2) is 0 Å². The smallest absolute Gasteiger partial charge is 0.253 e. The fraction of sp³-hybridized carbons (Fsp3) is 0.355. The summed E-state index contributed by atoms with van der Waals surface area (Å²) in [6.07, 6.45) is 5.85. The molecular weight excluding hydrogens is 492 g/mol. The fourth-order valence-corrected chi connectivity index (χ4v) is 5.15. The Labute approximate surface area is 229 Å². The number of carbonyl (C=O) groups is 3. The van der Waals surface area contributed by atoms with E-state index in [-0.39, 0.29) is 24.1 Å². The summed E-state index contributed by atoms with van der Waals surface area (Å²) in [6, 6.07) is 17.7.